The van der Waals surface area contributed by atoms with Crippen LogP contribution in [0.1, 0.15) is 44.7 Å². The first-order valence-electron chi connectivity index (χ1n) is 11.1. The van der Waals surface area contributed by atoms with Crippen LogP contribution >= 0.6 is 0 Å². The smallest absolute Gasteiger partial charge is 0.411 e. The van der Waals surface area contributed by atoms with Gasteiger partial charge in [-0.25, -0.2) is 4.79 Å². The number of nitro groups is 1. The molecule has 0 bridgehead atoms. The molecule has 1 aliphatic rings. The summed E-state index contributed by atoms with van der Waals surface area (Å²) in [5.74, 6) is 0.706. The standard InChI is InChI=1S/C24H31N3O5/c1-5-26(6-2)20-10-11-21(16(3)13-20)25-24(28)31-15-18-7-12-23(22(14-18)27(29)30)32-17(4)19-8-9-19/h7,10-14,17,19H,5-6,8-9,15H2,1-4H3,(H,25,28). The van der Waals surface area contributed by atoms with Crippen LogP contribution in [-0.2, 0) is 11.3 Å². The molecular weight excluding hydrogens is 410 g/mol. The molecule has 0 aromatic heterocycles. The zero-order chi connectivity index (χ0) is 23.3. The van der Waals surface area contributed by atoms with Crippen molar-refractivity contribution in [2.75, 3.05) is 23.3 Å². The lowest BCUT2D eigenvalue weighted by atomic mass is 10.1. The van der Waals surface area contributed by atoms with Crippen LogP contribution in [0.4, 0.5) is 21.9 Å². The lowest BCUT2D eigenvalue weighted by Crippen LogP contribution is -2.22. The van der Waals surface area contributed by atoms with Crippen molar-refractivity contribution in [3.05, 3.63) is 57.6 Å². The summed E-state index contributed by atoms with van der Waals surface area (Å²) in [7, 11) is 0. The molecule has 2 aromatic carbocycles. The quantitative estimate of drug-likeness (QED) is 0.377. The summed E-state index contributed by atoms with van der Waals surface area (Å²) in [4.78, 5) is 25.5. The number of rotatable bonds is 10. The van der Waals surface area contributed by atoms with Gasteiger partial charge in [-0.05, 0) is 81.8 Å². The van der Waals surface area contributed by atoms with Crippen molar-refractivity contribution in [3.63, 3.8) is 0 Å². The van der Waals surface area contributed by atoms with Gasteiger partial charge in [-0.3, -0.25) is 15.4 Å². The van der Waals surface area contributed by atoms with Crippen LogP contribution < -0.4 is 15.0 Å². The zero-order valence-corrected chi connectivity index (χ0v) is 19.1. The molecule has 0 heterocycles. The van der Waals surface area contributed by atoms with Crippen molar-refractivity contribution in [2.24, 2.45) is 5.92 Å². The topological polar surface area (TPSA) is 93.9 Å². The summed E-state index contributed by atoms with van der Waals surface area (Å²) in [5.41, 5.74) is 3.08. The fourth-order valence-corrected chi connectivity index (χ4v) is 3.63. The first kappa shape index (κ1) is 23.4. The van der Waals surface area contributed by atoms with Gasteiger partial charge in [0.2, 0.25) is 0 Å². The minimum Gasteiger partial charge on any atom is -0.484 e. The summed E-state index contributed by atoms with van der Waals surface area (Å²) in [5, 5.41) is 14.2. The van der Waals surface area contributed by atoms with Crippen LogP contribution in [0, 0.1) is 23.0 Å². The van der Waals surface area contributed by atoms with E-state index in [0.717, 1.165) is 37.2 Å². The van der Waals surface area contributed by atoms with Gasteiger partial charge in [-0.2, -0.15) is 0 Å². The van der Waals surface area contributed by atoms with Gasteiger partial charge in [0.05, 0.1) is 11.0 Å². The molecule has 0 radical (unpaired) electrons. The first-order chi connectivity index (χ1) is 15.3. The fraction of sp³-hybridized carbons (Fsp3) is 0.458. The van der Waals surface area contributed by atoms with Crippen LogP contribution in [0.15, 0.2) is 36.4 Å². The number of carbonyl (C=O) groups is 1. The van der Waals surface area contributed by atoms with E-state index in [0.29, 0.717) is 17.2 Å². The maximum atomic E-state index is 12.3. The Bertz CT molecular complexity index is 970. The number of nitrogens with one attached hydrogen (secondary N) is 1. The van der Waals surface area contributed by atoms with Gasteiger partial charge < -0.3 is 14.4 Å². The second-order valence-electron chi connectivity index (χ2n) is 8.09. The van der Waals surface area contributed by atoms with Gasteiger partial charge in [0.25, 0.3) is 0 Å². The van der Waals surface area contributed by atoms with E-state index in [1.54, 1.807) is 12.1 Å². The normalized spacial score (nSPS) is 13.9. The van der Waals surface area contributed by atoms with E-state index in [2.05, 4.69) is 24.1 Å². The third-order valence-corrected chi connectivity index (χ3v) is 5.76. The Kier molecular flexibility index (Phi) is 7.56. The Labute approximate surface area is 188 Å². The third kappa shape index (κ3) is 5.90. The summed E-state index contributed by atoms with van der Waals surface area (Å²) in [6, 6.07) is 10.5. The number of hydrogen-bond acceptors (Lipinski definition) is 6. The van der Waals surface area contributed by atoms with Crippen molar-refractivity contribution < 1.29 is 19.2 Å². The second-order valence-corrected chi connectivity index (χ2v) is 8.09. The Morgan fingerprint density at radius 1 is 1.22 bits per heavy atom. The number of carbonyl (C=O) groups excluding carboxylic acids is 1. The van der Waals surface area contributed by atoms with E-state index in [4.69, 9.17) is 9.47 Å². The minimum absolute atomic E-state index is 0.0575. The number of amides is 1. The summed E-state index contributed by atoms with van der Waals surface area (Å²) < 4.78 is 11.1. The molecule has 1 amide bonds. The van der Waals surface area contributed by atoms with Crippen molar-refractivity contribution in [3.8, 4) is 5.75 Å². The van der Waals surface area contributed by atoms with Gasteiger partial charge in [0.1, 0.15) is 6.61 Å². The van der Waals surface area contributed by atoms with E-state index < -0.39 is 11.0 Å². The molecule has 1 aliphatic carbocycles. The number of hydrogen-bond donors (Lipinski definition) is 1. The van der Waals surface area contributed by atoms with Gasteiger partial charge in [-0.15, -0.1) is 0 Å². The highest BCUT2D eigenvalue weighted by Crippen LogP contribution is 2.37. The molecule has 32 heavy (non-hydrogen) atoms. The number of anilines is 2. The summed E-state index contributed by atoms with van der Waals surface area (Å²) >= 11 is 0. The van der Waals surface area contributed by atoms with Crippen LogP contribution in [0.25, 0.3) is 0 Å². The molecule has 172 valence electrons. The maximum Gasteiger partial charge on any atom is 0.411 e. The Morgan fingerprint density at radius 3 is 2.53 bits per heavy atom. The molecule has 2 aromatic rings. The molecule has 3 rings (SSSR count). The van der Waals surface area contributed by atoms with Gasteiger partial charge in [0, 0.05) is 30.5 Å². The fourth-order valence-electron chi connectivity index (χ4n) is 3.63. The summed E-state index contributed by atoms with van der Waals surface area (Å²) in [6.45, 7) is 9.77. The van der Waals surface area contributed by atoms with Gasteiger partial charge in [-0.1, -0.05) is 6.07 Å². The molecule has 0 saturated heterocycles. The van der Waals surface area contributed by atoms with Crippen LogP contribution in [0.3, 0.4) is 0 Å². The number of nitrogens with zero attached hydrogens (tertiary/aromatic N) is 2. The maximum absolute atomic E-state index is 12.3. The zero-order valence-electron chi connectivity index (χ0n) is 19.1. The third-order valence-electron chi connectivity index (χ3n) is 5.76. The molecule has 1 saturated carbocycles. The van der Waals surface area contributed by atoms with Crippen molar-refractivity contribution in [2.45, 2.75) is 53.2 Å². The molecule has 8 nitrogen and oxygen atoms in total. The van der Waals surface area contributed by atoms with Crippen LogP contribution in [0.5, 0.6) is 5.75 Å². The van der Waals surface area contributed by atoms with Crippen molar-refractivity contribution in [1.82, 2.24) is 0 Å². The second kappa shape index (κ2) is 10.3. The number of nitro benzene ring substituents is 1. The lowest BCUT2D eigenvalue weighted by molar-refractivity contribution is -0.386. The molecule has 0 spiro atoms. The van der Waals surface area contributed by atoms with Gasteiger partial charge >= 0.3 is 11.8 Å². The van der Waals surface area contributed by atoms with E-state index in [-0.39, 0.29) is 24.1 Å². The highest BCUT2D eigenvalue weighted by molar-refractivity contribution is 5.86. The molecule has 1 fully saturated rings. The molecule has 1 N–H and O–H groups in total. The minimum atomic E-state index is -0.617. The van der Waals surface area contributed by atoms with E-state index >= 15 is 0 Å². The largest absolute Gasteiger partial charge is 0.484 e. The van der Waals surface area contributed by atoms with Crippen molar-refractivity contribution >= 4 is 23.2 Å². The number of ether oxygens (including phenoxy) is 2. The Balaban J connectivity index is 1.60. The lowest BCUT2D eigenvalue weighted by Gasteiger charge is -2.22. The average molecular weight is 442 g/mol. The van der Waals surface area contributed by atoms with Crippen LogP contribution in [-0.4, -0.2) is 30.2 Å². The first-order valence-corrected chi connectivity index (χ1v) is 11.1. The van der Waals surface area contributed by atoms with E-state index in [9.17, 15) is 14.9 Å². The predicted molar refractivity (Wildman–Crippen MR) is 124 cm³/mol. The molecular formula is C24H31N3O5. The number of benzene rings is 2. The highest BCUT2D eigenvalue weighted by Gasteiger charge is 2.31. The molecule has 1 atom stereocenters. The van der Waals surface area contributed by atoms with Crippen molar-refractivity contribution in [1.29, 1.82) is 0 Å². The molecule has 1 unspecified atom stereocenters. The van der Waals surface area contributed by atoms with E-state index in [1.165, 1.54) is 6.07 Å². The van der Waals surface area contributed by atoms with Gasteiger partial charge in [0.15, 0.2) is 5.75 Å². The van der Waals surface area contributed by atoms with E-state index in [1.807, 2.05) is 32.0 Å². The Hall–Kier alpha value is -3.29. The van der Waals surface area contributed by atoms with Crippen LogP contribution in [0.2, 0.25) is 0 Å². The average Bonchev–Trinajstić information content (AvgIpc) is 3.61. The molecule has 0 aliphatic heterocycles. The monoisotopic (exact) mass is 441 g/mol. The molecule has 8 heteroatoms. The summed E-state index contributed by atoms with van der Waals surface area (Å²) in [6.07, 6.45) is 1.51. The SMILES string of the molecule is CCN(CC)c1ccc(NC(=O)OCc2ccc(OC(C)C3CC3)c([N+](=O)[O-])c2)c(C)c1. The predicted octanol–water partition coefficient (Wildman–Crippen LogP) is 5.68. The Morgan fingerprint density at radius 2 is 1.94 bits per heavy atom. The highest BCUT2D eigenvalue weighted by atomic mass is 16.6. The number of aryl methyl sites for hydroxylation is 1.